The molecule has 49 heavy (non-hydrogen) atoms. The molecule has 0 N–H and O–H groups in total. The summed E-state index contributed by atoms with van der Waals surface area (Å²) in [5, 5.41) is 0. The van der Waals surface area contributed by atoms with Gasteiger partial charge in [0.1, 0.15) is 0 Å². The molecular formula is C35H56O14. The van der Waals surface area contributed by atoms with Gasteiger partial charge in [-0.05, 0) is 44.9 Å². The van der Waals surface area contributed by atoms with E-state index in [1.807, 2.05) is 0 Å². The summed E-state index contributed by atoms with van der Waals surface area (Å²) in [5.41, 5.74) is 0. The quantitative estimate of drug-likeness (QED) is 0.365. The molecule has 0 aromatic carbocycles. The van der Waals surface area contributed by atoms with Crippen molar-refractivity contribution >= 4 is 0 Å². The summed E-state index contributed by atoms with van der Waals surface area (Å²) >= 11 is 0. The Kier molecular flexibility index (Phi) is 12.7. The summed E-state index contributed by atoms with van der Waals surface area (Å²) in [4.78, 5) is 0. The maximum atomic E-state index is 6.25. The lowest BCUT2D eigenvalue weighted by atomic mass is 10.1. The van der Waals surface area contributed by atoms with Gasteiger partial charge in [0.05, 0.1) is 89.0 Å². The predicted octanol–water partition coefficient (Wildman–Crippen LogP) is 3.65. The molecule has 21 aliphatic heterocycles. The maximum absolute atomic E-state index is 6.25. The molecule has 14 unspecified atom stereocenters. The lowest BCUT2D eigenvalue weighted by Crippen LogP contribution is -2.43. The van der Waals surface area contributed by atoms with Crippen molar-refractivity contribution in [2.75, 3.05) is 46.2 Å². The second-order valence-electron chi connectivity index (χ2n) is 14.7. The van der Waals surface area contributed by atoms with Crippen molar-refractivity contribution in [1.82, 2.24) is 0 Å². The van der Waals surface area contributed by atoms with Crippen LogP contribution in [0.4, 0.5) is 0 Å². The highest BCUT2D eigenvalue weighted by Gasteiger charge is 2.36. The van der Waals surface area contributed by atoms with E-state index in [4.69, 9.17) is 66.3 Å². The van der Waals surface area contributed by atoms with Crippen LogP contribution in [0.1, 0.15) is 89.9 Å². The van der Waals surface area contributed by atoms with Crippen LogP contribution in [-0.4, -0.2) is 133 Å². The second kappa shape index (κ2) is 17.5. The van der Waals surface area contributed by atoms with E-state index < -0.39 is 0 Å². The molecule has 0 aromatic rings. The molecule has 0 radical (unpaired) electrons. The maximum Gasteiger partial charge on any atom is 0.158 e. The molecule has 21 rings (SSSR count). The van der Waals surface area contributed by atoms with Crippen molar-refractivity contribution in [1.29, 1.82) is 0 Å². The topological polar surface area (TPSA) is 129 Å². The molecule has 21 saturated heterocycles. The molecule has 0 spiro atoms. The minimum Gasteiger partial charge on any atom is -0.350 e. The Morgan fingerprint density at radius 1 is 0.184 bits per heavy atom. The molecule has 14 nitrogen and oxygen atoms in total. The molecule has 21 aliphatic rings. The van der Waals surface area contributed by atoms with Gasteiger partial charge >= 0.3 is 0 Å². The Hall–Kier alpha value is -0.560. The van der Waals surface area contributed by atoms with Gasteiger partial charge in [-0.25, -0.2) is 0 Å². The smallest absolute Gasteiger partial charge is 0.158 e. The van der Waals surface area contributed by atoms with Crippen LogP contribution in [-0.2, 0) is 66.3 Å². The van der Waals surface area contributed by atoms with E-state index in [2.05, 4.69) is 0 Å². The SMILES string of the molecule is C1CC2OCC1OC1CCC(CO1)OC1CCC(CO1)OC1CCC(CO1)OC1CCC(CO1)OC1CCC(CO1)OC1CCC(CO1)O2. The largest absolute Gasteiger partial charge is 0.350 e. The normalized spacial score (nSPS) is 48.0. The lowest BCUT2D eigenvalue weighted by Gasteiger charge is -2.38. The van der Waals surface area contributed by atoms with E-state index >= 15 is 0 Å². The van der Waals surface area contributed by atoms with Gasteiger partial charge in [-0.2, -0.15) is 0 Å². The van der Waals surface area contributed by atoms with Crippen LogP contribution >= 0.6 is 0 Å². The lowest BCUT2D eigenvalue weighted by molar-refractivity contribution is -0.289. The first-order chi connectivity index (χ1) is 24.1. The van der Waals surface area contributed by atoms with E-state index in [9.17, 15) is 0 Å². The molecule has 14 atom stereocenters. The zero-order chi connectivity index (χ0) is 32.8. The molecule has 0 aliphatic carbocycles. The van der Waals surface area contributed by atoms with Gasteiger partial charge < -0.3 is 66.3 Å². The summed E-state index contributed by atoms with van der Waals surface area (Å²) in [6.45, 7) is 3.43. The number of ether oxygens (including phenoxy) is 14. The van der Waals surface area contributed by atoms with Crippen LogP contribution in [0.15, 0.2) is 0 Å². The molecule has 280 valence electrons. The zero-order valence-corrected chi connectivity index (χ0v) is 28.6. The highest BCUT2D eigenvalue weighted by molar-refractivity contribution is 4.77. The van der Waals surface area contributed by atoms with Crippen molar-refractivity contribution < 1.29 is 66.3 Å². The molecular weight excluding hydrogens is 644 g/mol. The van der Waals surface area contributed by atoms with Gasteiger partial charge in [0.25, 0.3) is 0 Å². The molecule has 14 heteroatoms. The average molecular weight is 701 g/mol. The Morgan fingerprint density at radius 2 is 0.327 bits per heavy atom. The summed E-state index contributed by atoms with van der Waals surface area (Å²) in [7, 11) is 0. The standard InChI is InChI=1S/C35H56O14/c1-8-29-36-15-22(1)43-30-9-2-24(17-37-30)45-32-11-4-26(19-39-32)47-34-13-6-28(21-41-34)49-35-14-7-27(20-42-35)48-33-12-5-25(18-40-33)46-31-10-3-23(44-29)16-38-31/h22-35H,1-21H2. The van der Waals surface area contributed by atoms with E-state index in [0.29, 0.717) is 46.2 Å². The number of hydrogen-bond donors (Lipinski definition) is 0. The van der Waals surface area contributed by atoms with E-state index in [0.717, 1.165) is 89.9 Å². The van der Waals surface area contributed by atoms with Crippen LogP contribution in [0.25, 0.3) is 0 Å². The van der Waals surface area contributed by atoms with E-state index in [-0.39, 0.29) is 86.8 Å². The molecule has 14 bridgehead atoms. The van der Waals surface area contributed by atoms with Crippen LogP contribution in [0.2, 0.25) is 0 Å². The van der Waals surface area contributed by atoms with Crippen LogP contribution in [0.3, 0.4) is 0 Å². The minimum atomic E-state index is -0.247. The first-order valence-electron chi connectivity index (χ1n) is 19.0. The van der Waals surface area contributed by atoms with Gasteiger partial charge in [-0.15, -0.1) is 0 Å². The van der Waals surface area contributed by atoms with Gasteiger partial charge in [0, 0.05) is 44.9 Å². The fourth-order valence-corrected chi connectivity index (χ4v) is 7.93. The van der Waals surface area contributed by atoms with Crippen molar-refractivity contribution in [2.24, 2.45) is 0 Å². The van der Waals surface area contributed by atoms with Gasteiger partial charge in [-0.1, -0.05) is 0 Å². The highest BCUT2D eigenvalue weighted by Crippen LogP contribution is 2.31. The summed E-state index contributed by atoms with van der Waals surface area (Å²) in [6, 6.07) is 0. The Balaban J connectivity index is 0.810. The molecule has 0 saturated carbocycles. The van der Waals surface area contributed by atoms with Crippen molar-refractivity contribution in [3.8, 4) is 0 Å². The van der Waals surface area contributed by atoms with Crippen LogP contribution in [0.5, 0.6) is 0 Å². The van der Waals surface area contributed by atoms with E-state index in [1.165, 1.54) is 0 Å². The van der Waals surface area contributed by atoms with Gasteiger partial charge in [-0.3, -0.25) is 0 Å². The Bertz CT molecular complexity index is 665. The van der Waals surface area contributed by atoms with Gasteiger partial charge in [0.15, 0.2) is 44.0 Å². The Morgan fingerprint density at radius 3 is 0.429 bits per heavy atom. The predicted molar refractivity (Wildman–Crippen MR) is 167 cm³/mol. The summed E-state index contributed by atoms with van der Waals surface area (Å²) in [5.74, 6) is 0. The fraction of sp³-hybridized carbons (Fsp3) is 1.00. The van der Waals surface area contributed by atoms with Gasteiger partial charge in [0.2, 0.25) is 0 Å². The third-order valence-electron chi connectivity index (χ3n) is 10.8. The molecule has 0 amide bonds. The molecule has 21 fully saturated rings. The summed E-state index contributed by atoms with van der Waals surface area (Å²) < 4.78 is 86.0. The van der Waals surface area contributed by atoms with Crippen LogP contribution < -0.4 is 0 Å². The Labute approximate surface area is 289 Å². The first-order valence-corrected chi connectivity index (χ1v) is 19.0. The molecule has 21 heterocycles. The second-order valence-corrected chi connectivity index (χ2v) is 14.7. The number of hydrogen-bond acceptors (Lipinski definition) is 14. The van der Waals surface area contributed by atoms with Crippen molar-refractivity contribution in [2.45, 2.75) is 177 Å². The highest BCUT2D eigenvalue weighted by atomic mass is 16.8. The third kappa shape index (κ3) is 10.3. The zero-order valence-electron chi connectivity index (χ0n) is 28.6. The monoisotopic (exact) mass is 700 g/mol. The molecule has 0 aromatic heterocycles. The minimum absolute atomic E-state index is 0.00808. The third-order valence-corrected chi connectivity index (χ3v) is 10.8. The number of rotatable bonds is 0. The van der Waals surface area contributed by atoms with Crippen molar-refractivity contribution in [3.05, 3.63) is 0 Å². The van der Waals surface area contributed by atoms with E-state index in [1.54, 1.807) is 0 Å². The summed E-state index contributed by atoms with van der Waals surface area (Å²) in [6.07, 6.45) is 9.72. The first kappa shape index (κ1) is 35.5. The average Bonchev–Trinajstić information content (AvgIpc) is 3.14. The van der Waals surface area contributed by atoms with Crippen molar-refractivity contribution in [3.63, 3.8) is 0 Å². The van der Waals surface area contributed by atoms with Crippen LogP contribution in [0, 0.1) is 0 Å². The fourth-order valence-electron chi connectivity index (χ4n) is 7.93.